The second-order valence-corrected chi connectivity index (χ2v) is 9.73. The number of rotatable bonds is 6. The standard InChI is InChI=1S/C23H28N2O5S/c1-17-5-8-19(9-6-17)31(27,28)24-12-11-23(26)25-13-2-4-20(25)18-7-10-21-22(16-18)30-15-3-14-29-21/h5-10,16,20,24H,2-4,11-15H2,1H3/t20-/m0/s1. The van der Waals surface area contributed by atoms with Crippen molar-refractivity contribution < 1.29 is 22.7 Å². The summed E-state index contributed by atoms with van der Waals surface area (Å²) in [5.74, 6) is 1.41. The van der Waals surface area contributed by atoms with Gasteiger partial charge in [0, 0.05) is 25.9 Å². The SMILES string of the molecule is Cc1ccc(S(=O)(=O)NCCC(=O)N2CCC[C@H]2c2ccc3c(c2)OCCCO3)cc1. The molecule has 1 fully saturated rings. The van der Waals surface area contributed by atoms with Crippen LogP contribution in [0.25, 0.3) is 0 Å². The highest BCUT2D eigenvalue weighted by Crippen LogP contribution is 2.38. The molecule has 2 heterocycles. The van der Waals surface area contributed by atoms with E-state index < -0.39 is 10.0 Å². The molecule has 0 spiro atoms. The van der Waals surface area contributed by atoms with Gasteiger partial charge in [0.1, 0.15) is 0 Å². The van der Waals surface area contributed by atoms with Crippen LogP contribution in [0.3, 0.4) is 0 Å². The predicted molar refractivity (Wildman–Crippen MR) is 117 cm³/mol. The molecule has 0 unspecified atom stereocenters. The smallest absolute Gasteiger partial charge is 0.240 e. The van der Waals surface area contributed by atoms with Gasteiger partial charge in [-0.05, 0) is 49.6 Å². The number of benzene rings is 2. The monoisotopic (exact) mass is 444 g/mol. The Morgan fingerprint density at radius 2 is 1.81 bits per heavy atom. The second-order valence-electron chi connectivity index (χ2n) is 7.96. The number of carbonyl (C=O) groups excluding carboxylic acids is 1. The fraction of sp³-hybridized carbons (Fsp3) is 0.435. The summed E-state index contributed by atoms with van der Waals surface area (Å²) >= 11 is 0. The number of hydrogen-bond acceptors (Lipinski definition) is 5. The van der Waals surface area contributed by atoms with Crippen molar-refractivity contribution in [2.75, 3.05) is 26.3 Å². The number of sulfonamides is 1. The molecule has 166 valence electrons. The molecule has 1 saturated heterocycles. The Morgan fingerprint density at radius 1 is 1.06 bits per heavy atom. The van der Waals surface area contributed by atoms with Crippen LogP contribution in [0.1, 0.15) is 42.9 Å². The molecule has 2 aliphatic heterocycles. The summed E-state index contributed by atoms with van der Waals surface area (Å²) in [5.41, 5.74) is 2.01. The zero-order valence-corrected chi connectivity index (χ0v) is 18.5. The van der Waals surface area contributed by atoms with Gasteiger partial charge in [-0.3, -0.25) is 4.79 Å². The molecule has 0 aliphatic carbocycles. The molecule has 0 saturated carbocycles. The Hall–Kier alpha value is -2.58. The molecular formula is C23H28N2O5S. The molecule has 4 rings (SSSR count). The summed E-state index contributed by atoms with van der Waals surface area (Å²) in [6.07, 6.45) is 2.75. The number of ether oxygens (including phenoxy) is 2. The number of nitrogens with one attached hydrogen (secondary N) is 1. The second kappa shape index (κ2) is 9.28. The van der Waals surface area contributed by atoms with E-state index in [9.17, 15) is 13.2 Å². The largest absolute Gasteiger partial charge is 0.490 e. The predicted octanol–water partition coefficient (Wildman–Crippen LogP) is 3.19. The van der Waals surface area contributed by atoms with Crippen molar-refractivity contribution in [3.63, 3.8) is 0 Å². The molecule has 0 aromatic heterocycles. The highest BCUT2D eigenvalue weighted by Gasteiger charge is 2.30. The first-order valence-corrected chi connectivity index (χ1v) is 12.2. The van der Waals surface area contributed by atoms with E-state index in [1.165, 1.54) is 0 Å². The van der Waals surface area contributed by atoms with E-state index in [0.29, 0.717) is 19.8 Å². The number of fused-ring (bicyclic) bond motifs is 1. The summed E-state index contributed by atoms with van der Waals surface area (Å²) < 4.78 is 38.9. The van der Waals surface area contributed by atoms with Gasteiger partial charge in [0.05, 0.1) is 24.2 Å². The highest BCUT2D eigenvalue weighted by atomic mass is 32.2. The lowest BCUT2D eigenvalue weighted by Gasteiger charge is -2.26. The first-order valence-electron chi connectivity index (χ1n) is 10.7. The molecule has 2 aliphatic rings. The third-order valence-corrected chi connectivity index (χ3v) is 7.17. The van der Waals surface area contributed by atoms with Gasteiger partial charge in [0.2, 0.25) is 15.9 Å². The minimum atomic E-state index is -3.63. The Bertz CT molecular complexity index is 1040. The lowest BCUT2D eigenvalue weighted by Crippen LogP contribution is -2.34. The van der Waals surface area contributed by atoms with Crippen LogP contribution in [0, 0.1) is 6.92 Å². The maximum absolute atomic E-state index is 12.9. The Morgan fingerprint density at radius 3 is 2.58 bits per heavy atom. The normalized spacial score (nSPS) is 18.6. The van der Waals surface area contributed by atoms with Crippen molar-refractivity contribution in [3.05, 3.63) is 53.6 Å². The van der Waals surface area contributed by atoms with Gasteiger partial charge in [-0.25, -0.2) is 13.1 Å². The van der Waals surface area contributed by atoms with Crippen molar-refractivity contribution in [2.24, 2.45) is 0 Å². The maximum atomic E-state index is 12.9. The molecule has 2 aromatic carbocycles. The van der Waals surface area contributed by atoms with Crippen molar-refractivity contribution in [2.45, 2.75) is 43.5 Å². The van der Waals surface area contributed by atoms with E-state index in [-0.39, 0.29) is 29.8 Å². The van der Waals surface area contributed by atoms with E-state index in [1.54, 1.807) is 24.3 Å². The Kier molecular flexibility index (Phi) is 6.48. The lowest BCUT2D eigenvalue weighted by molar-refractivity contribution is -0.131. The average Bonchev–Trinajstić information content (AvgIpc) is 3.13. The lowest BCUT2D eigenvalue weighted by atomic mass is 10.0. The fourth-order valence-corrected chi connectivity index (χ4v) is 5.07. The first kappa shape index (κ1) is 21.6. The zero-order chi connectivity index (χ0) is 21.8. The Labute approximate surface area is 183 Å². The first-order chi connectivity index (χ1) is 14.9. The van der Waals surface area contributed by atoms with Crippen LogP contribution >= 0.6 is 0 Å². The molecule has 2 aromatic rings. The van der Waals surface area contributed by atoms with Crippen LogP contribution in [0.2, 0.25) is 0 Å². The third kappa shape index (κ3) is 5.02. The van der Waals surface area contributed by atoms with E-state index in [4.69, 9.17) is 9.47 Å². The topological polar surface area (TPSA) is 84.9 Å². The minimum absolute atomic E-state index is 0.0293. The highest BCUT2D eigenvalue weighted by molar-refractivity contribution is 7.89. The van der Waals surface area contributed by atoms with Gasteiger partial charge in [-0.1, -0.05) is 23.8 Å². The zero-order valence-electron chi connectivity index (χ0n) is 17.7. The van der Waals surface area contributed by atoms with Gasteiger partial charge in [0.15, 0.2) is 11.5 Å². The maximum Gasteiger partial charge on any atom is 0.240 e. The number of likely N-dealkylation sites (tertiary alicyclic amines) is 1. The summed E-state index contributed by atoms with van der Waals surface area (Å²) in [7, 11) is -3.63. The van der Waals surface area contributed by atoms with Crippen LogP contribution in [0.4, 0.5) is 0 Å². The molecule has 1 N–H and O–H groups in total. The van der Waals surface area contributed by atoms with Crippen LogP contribution < -0.4 is 14.2 Å². The van der Waals surface area contributed by atoms with Crippen molar-refractivity contribution in [3.8, 4) is 11.5 Å². The van der Waals surface area contributed by atoms with E-state index in [2.05, 4.69) is 4.72 Å². The van der Waals surface area contributed by atoms with Crippen LogP contribution in [-0.2, 0) is 14.8 Å². The number of nitrogens with zero attached hydrogens (tertiary/aromatic N) is 1. The van der Waals surface area contributed by atoms with Crippen LogP contribution in [-0.4, -0.2) is 45.5 Å². The molecule has 7 nitrogen and oxygen atoms in total. The van der Waals surface area contributed by atoms with E-state index in [0.717, 1.165) is 41.9 Å². The molecule has 0 radical (unpaired) electrons. The number of aryl methyl sites for hydroxylation is 1. The molecule has 31 heavy (non-hydrogen) atoms. The summed E-state index contributed by atoms with van der Waals surface area (Å²) in [5, 5.41) is 0. The molecule has 1 amide bonds. The summed E-state index contributed by atoms with van der Waals surface area (Å²) in [4.78, 5) is 14.9. The summed E-state index contributed by atoms with van der Waals surface area (Å²) in [6.45, 7) is 3.89. The third-order valence-electron chi connectivity index (χ3n) is 5.69. The van der Waals surface area contributed by atoms with Crippen LogP contribution in [0.5, 0.6) is 11.5 Å². The van der Waals surface area contributed by atoms with Gasteiger partial charge < -0.3 is 14.4 Å². The van der Waals surface area contributed by atoms with Gasteiger partial charge in [-0.2, -0.15) is 0 Å². The number of amides is 1. The summed E-state index contributed by atoms with van der Waals surface area (Å²) in [6, 6.07) is 12.5. The molecule has 1 atom stereocenters. The quantitative estimate of drug-likeness (QED) is 0.740. The van der Waals surface area contributed by atoms with Crippen LogP contribution in [0.15, 0.2) is 47.4 Å². The minimum Gasteiger partial charge on any atom is -0.490 e. The van der Waals surface area contributed by atoms with Crippen molar-refractivity contribution in [1.29, 1.82) is 0 Å². The fourth-order valence-electron chi connectivity index (χ4n) is 4.04. The van der Waals surface area contributed by atoms with E-state index in [1.807, 2.05) is 30.0 Å². The van der Waals surface area contributed by atoms with Gasteiger partial charge in [0.25, 0.3) is 0 Å². The molecule has 8 heteroatoms. The molecular weight excluding hydrogens is 416 g/mol. The average molecular weight is 445 g/mol. The van der Waals surface area contributed by atoms with E-state index >= 15 is 0 Å². The van der Waals surface area contributed by atoms with Gasteiger partial charge in [-0.15, -0.1) is 0 Å². The van der Waals surface area contributed by atoms with Crippen molar-refractivity contribution >= 4 is 15.9 Å². The Balaban J connectivity index is 1.38. The van der Waals surface area contributed by atoms with Crippen molar-refractivity contribution in [1.82, 2.24) is 9.62 Å². The number of carbonyl (C=O) groups is 1. The van der Waals surface area contributed by atoms with Gasteiger partial charge >= 0.3 is 0 Å². The number of hydrogen-bond donors (Lipinski definition) is 1. The molecule has 0 bridgehead atoms.